The molecule has 15 heavy (non-hydrogen) atoms. The van der Waals surface area contributed by atoms with E-state index >= 15 is 0 Å². The van der Waals surface area contributed by atoms with Crippen LogP contribution in [0.15, 0.2) is 6.33 Å². The number of aryl methyl sites for hydroxylation is 1. The lowest BCUT2D eigenvalue weighted by Crippen LogP contribution is -2.31. The summed E-state index contributed by atoms with van der Waals surface area (Å²) < 4.78 is 25.2. The van der Waals surface area contributed by atoms with Crippen LogP contribution in [0.4, 0.5) is 0 Å². The molecule has 0 atom stereocenters. The molecule has 0 amide bonds. The van der Waals surface area contributed by atoms with Crippen molar-refractivity contribution in [3.8, 4) is 0 Å². The van der Waals surface area contributed by atoms with Crippen LogP contribution in [-0.4, -0.2) is 35.4 Å². The highest BCUT2D eigenvalue weighted by molar-refractivity contribution is 7.90. The van der Waals surface area contributed by atoms with Gasteiger partial charge in [0.15, 0.2) is 0 Å². The molecule has 1 aromatic heterocycles. The first kappa shape index (κ1) is 12.1. The molecule has 0 fully saturated rings. The molecule has 0 spiro atoms. The van der Waals surface area contributed by atoms with Crippen molar-refractivity contribution >= 4 is 10.0 Å². The van der Waals surface area contributed by atoms with Gasteiger partial charge in [0.2, 0.25) is 10.0 Å². The Kier molecular flexibility index (Phi) is 4.22. The lowest BCUT2D eigenvalue weighted by molar-refractivity contribution is 0.569. The average Bonchev–Trinajstić information content (AvgIpc) is 2.64. The van der Waals surface area contributed by atoms with E-state index in [1.807, 2.05) is 0 Å². The van der Waals surface area contributed by atoms with Crippen LogP contribution in [0, 0.1) is 0 Å². The Morgan fingerprint density at radius 3 is 2.80 bits per heavy atom. The maximum absolute atomic E-state index is 11.3. The minimum Gasteiger partial charge on any atom is -0.263 e. The van der Waals surface area contributed by atoms with Gasteiger partial charge in [-0.1, -0.05) is 0 Å². The fourth-order valence-corrected chi connectivity index (χ4v) is 1.75. The number of H-pyrrole nitrogens is 1. The largest absolute Gasteiger partial charge is 0.263 e. The molecular weight excluding hydrogens is 216 g/mol. The molecule has 86 valence electrons. The molecule has 1 aromatic rings. The van der Waals surface area contributed by atoms with Crippen molar-refractivity contribution in [2.24, 2.45) is 0 Å². The maximum Gasteiger partial charge on any atom is 0.213 e. The summed E-state index contributed by atoms with van der Waals surface area (Å²) in [4.78, 5) is 3.94. The van der Waals surface area contributed by atoms with E-state index in [0.29, 0.717) is 19.4 Å². The molecule has 0 saturated carbocycles. The smallest absolute Gasteiger partial charge is 0.213 e. The first-order valence-electron chi connectivity index (χ1n) is 4.85. The molecule has 1 rings (SSSR count). The summed E-state index contributed by atoms with van der Waals surface area (Å²) in [5, 5.41) is 6.04. The van der Waals surface area contributed by atoms with Gasteiger partial charge >= 0.3 is 0 Å². The molecule has 0 unspecified atom stereocenters. The number of rotatable bonds is 6. The van der Waals surface area contributed by atoms with Crippen LogP contribution in [0.25, 0.3) is 0 Å². The van der Waals surface area contributed by atoms with Crippen molar-refractivity contribution in [2.75, 3.05) is 6.54 Å². The quantitative estimate of drug-likeness (QED) is 0.679. The summed E-state index contributed by atoms with van der Waals surface area (Å²) in [7, 11) is -3.14. The molecular formula is C8H16N4O2S. The number of sulfonamides is 1. The van der Waals surface area contributed by atoms with Gasteiger partial charge in [-0.15, -0.1) is 0 Å². The third-order valence-corrected chi connectivity index (χ3v) is 3.83. The summed E-state index contributed by atoms with van der Waals surface area (Å²) in [6.45, 7) is 3.73. The van der Waals surface area contributed by atoms with Gasteiger partial charge in [-0.25, -0.2) is 18.1 Å². The standard InChI is InChI=1S/C8H16N4O2S/c1-7(2)15(13,14)11-5-3-4-8-9-6-10-12-8/h6-7,11H,3-5H2,1-2H3,(H,9,10,12). The maximum atomic E-state index is 11.3. The molecule has 0 aliphatic carbocycles. The second-order valence-electron chi connectivity index (χ2n) is 3.52. The lowest BCUT2D eigenvalue weighted by Gasteiger charge is -2.08. The Labute approximate surface area is 89.5 Å². The van der Waals surface area contributed by atoms with Crippen LogP contribution in [0.3, 0.4) is 0 Å². The zero-order valence-electron chi connectivity index (χ0n) is 8.90. The molecule has 0 bridgehead atoms. The highest BCUT2D eigenvalue weighted by Gasteiger charge is 2.14. The van der Waals surface area contributed by atoms with E-state index in [9.17, 15) is 8.42 Å². The molecule has 0 aliphatic rings. The summed E-state index contributed by atoms with van der Waals surface area (Å²) in [5.41, 5.74) is 0. The van der Waals surface area contributed by atoms with Gasteiger partial charge in [-0.2, -0.15) is 5.10 Å². The van der Waals surface area contributed by atoms with E-state index in [0.717, 1.165) is 5.82 Å². The normalized spacial score (nSPS) is 12.2. The number of nitrogens with one attached hydrogen (secondary N) is 2. The van der Waals surface area contributed by atoms with Crippen LogP contribution in [0.5, 0.6) is 0 Å². The molecule has 1 heterocycles. The minimum atomic E-state index is -3.14. The topological polar surface area (TPSA) is 87.7 Å². The third-order valence-electron chi connectivity index (χ3n) is 1.98. The Morgan fingerprint density at radius 2 is 2.27 bits per heavy atom. The fraction of sp³-hybridized carbons (Fsp3) is 0.750. The van der Waals surface area contributed by atoms with Crippen molar-refractivity contribution in [1.82, 2.24) is 19.9 Å². The van der Waals surface area contributed by atoms with Gasteiger partial charge in [-0.3, -0.25) is 5.10 Å². The Bertz CT molecular complexity index is 371. The number of aromatic amines is 1. The van der Waals surface area contributed by atoms with Crippen LogP contribution >= 0.6 is 0 Å². The average molecular weight is 232 g/mol. The van der Waals surface area contributed by atoms with E-state index in [-0.39, 0.29) is 5.25 Å². The van der Waals surface area contributed by atoms with Gasteiger partial charge < -0.3 is 0 Å². The van der Waals surface area contributed by atoms with Crippen LogP contribution in [0.2, 0.25) is 0 Å². The van der Waals surface area contributed by atoms with E-state index in [2.05, 4.69) is 19.9 Å². The van der Waals surface area contributed by atoms with E-state index < -0.39 is 10.0 Å². The zero-order chi connectivity index (χ0) is 11.3. The number of hydrogen-bond donors (Lipinski definition) is 2. The fourth-order valence-electron chi connectivity index (χ4n) is 0.988. The number of nitrogens with zero attached hydrogens (tertiary/aromatic N) is 2. The Balaban J connectivity index is 2.23. The first-order chi connectivity index (χ1) is 7.02. The summed E-state index contributed by atoms with van der Waals surface area (Å²) in [5.74, 6) is 0.777. The van der Waals surface area contributed by atoms with Crippen molar-refractivity contribution in [3.63, 3.8) is 0 Å². The predicted molar refractivity (Wildman–Crippen MR) is 56.8 cm³/mol. The SMILES string of the molecule is CC(C)S(=O)(=O)NCCCc1ncn[nH]1. The summed E-state index contributed by atoms with van der Waals surface area (Å²) in [6, 6.07) is 0. The first-order valence-corrected chi connectivity index (χ1v) is 6.39. The van der Waals surface area contributed by atoms with Crippen molar-refractivity contribution in [3.05, 3.63) is 12.2 Å². The molecule has 6 nitrogen and oxygen atoms in total. The molecule has 0 radical (unpaired) electrons. The van der Waals surface area contributed by atoms with E-state index in [4.69, 9.17) is 0 Å². The molecule has 7 heteroatoms. The van der Waals surface area contributed by atoms with Gasteiger partial charge in [0.1, 0.15) is 12.2 Å². The monoisotopic (exact) mass is 232 g/mol. The van der Waals surface area contributed by atoms with Gasteiger partial charge in [0.05, 0.1) is 5.25 Å². The van der Waals surface area contributed by atoms with E-state index in [1.165, 1.54) is 6.33 Å². The third kappa shape index (κ3) is 3.96. The van der Waals surface area contributed by atoms with Gasteiger partial charge in [0.25, 0.3) is 0 Å². The Morgan fingerprint density at radius 1 is 1.53 bits per heavy atom. The predicted octanol–water partition coefficient (Wildman–Crippen LogP) is 0.0651. The zero-order valence-corrected chi connectivity index (χ0v) is 9.71. The molecule has 0 saturated heterocycles. The highest BCUT2D eigenvalue weighted by atomic mass is 32.2. The van der Waals surface area contributed by atoms with Crippen molar-refractivity contribution in [1.29, 1.82) is 0 Å². The van der Waals surface area contributed by atoms with Gasteiger partial charge in [0, 0.05) is 13.0 Å². The van der Waals surface area contributed by atoms with Crippen LogP contribution < -0.4 is 4.72 Å². The number of hydrogen-bond acceptors (Lipinski definition) is 4. The van der Waals surface area contributed by atoms with Gasteiger partial charge in [-0.05, 0) is 20.3 Å². The van der Waals surface area contributed by atoms with Crippen molar-refractivity contribution < 1.29 is 8.42 Å². The molecule has 0 aromatic carbocycles. The van der Waals surface area contributed by atoms with E-state index in [1.54, 1.807) is 13.8 Å². The molecule has 2 N–H and O–H groups in total. The second kappa shape index (κ2) is 5.22. The summed E-state index contributed by atoms with van der Waals surface area (Å²) >= 11 is 0. The Hall–Kier alpha value is -0.950. The van der Waals surface area contributed by atoms with Crippen LogP contribution in [-0.2, 0) is 16.4 Å². The molecule has 0 aliphatic heterocycles. The highest BCUT2D eigenvalue weighted by Crippen LogP contribution is 1.97. The lowest BCUT2D eigenvalue weighted by atomic mass is 10.3. The summed E-state index contributed by atoms with van der Waals surface area (Å²) in [6.07, 6.45) is 2.84. The minimum absolute atomic E-state index is 0.386. The van der Waals surface area contributed by atoms with Crippen LogP contribution in [0.1, 0.15) is 26.1 Å². The number of aromatic nitrogens is 3. The van der Waals surface area contributed by atoms with Crippen molar-refractivity contribution in [2.45, 2.75) is 31.9 Å². The second-order valence-corrected chi connectivity index (χ2v) is 5.85.